The van der Waals surface area contributed by atoms with Crippen molar-refractivity contribution in [1.82, 2.24) is 5.32 Å². The minimum Gasteiger partial charge on any atom is -0.466 e. The van der Waals surface area contributed by atoms with Crippen molar-refractivity contribution in [2.75, 3.05) is 19.1 Å². The number of carbonyl (C=O) groups excluding carboxylic acids is 2. The van der Waals surface area contributed by atoms with E-state index < -0.39 is 17.7 Å². The summed E-state index contributed by atoms with van der Waals surface area (Å²) in [4.78, 5) is 22.7. The normalized spacial score (nSPS) is 13.1. The van der Waals surface area contributed by atoms with Crippen molar-refractivity contribution in [3.05, 3.63) is 12.2 Å². The Kier molecular flexibility index (Phi) is 8.30. The van der Waals surface area contributed by atoms with Gasteiger partial charge in [-0.25, -0.2) is 9.59 Å². The van der Waals surface area contributed by atoms with E-state index in [4.69, 9.17) is 4.74 Å². The largest absolute Gasteiger partial charge is 0.466 e. The molecule has 0 saturated carbocycles. The first kappa shape index (κ1) is 17.8. The lowest BCUT2D eigenvalue weighted by Gasteiger charge is -2.22. The Morgan fingerprint density at radius 2 is 2.00 bits per heavy atom. The molecule has 0 radical (unpaired) electrons. The Hall–Kier alpha value is -1.17. The minimum absolute atomic E-state index is 0.249. The van der Waals surface area contributed by atoms with Crippen LogP contribution in [0.15, 0.2) is 12.2 Å². The Morgan fingerprint density at radius 3 is 2.47 bits per heavy atom. The standard InChI is InChI=1S/C13H23NO4S/c1-13(2,3)18-12(16)14-10(8-9-19-5)6-7-11(15)17-4/h6-7,10H,8-9H2,1-5H3,(H,14,16)/b7-6+/t10-/m1/s1. The zero-order valence-electron chi connectivity index (χ0n) is 12.2. The van der Waals surface area contributed by atoms with Gasteiger partial charge >= 0.3 is 12.1 Å². The second kappa shape index (κ2) is 8.85. The van der Waals surface area contributed by atoms with Gasteiger partial charge in [0.1, 0.15) is 5.60 Å². The van der Waals surface area contributed by atoms with Crippen LogP contribution in [0.4, 0.5) is 4.79 Å². The zero-order chi connectivity index (χ0) is 14.9. The molecule has 6 heteroatoms. The summed E-state index contributed by atoms with van der Waals surface area (Å²) in [5.41, 5.74) is -0.541. The average Bonchev–Trinajstić information content (AvgIpc) is 2.29. The van der Waals surface area contributed by atoms with Gasteiger partial charge in [-0.2, -0.15) is 11.8 Å². The van der Waals surface area contributed by atoms with E-state index in [1.165, 1.54) is 13.2 Å². The van der Waals surface area contributed by atoms with Gasteiger partial charge in [0, 0.05) is 6.08 Å². The van der Waals surface area contributed by atoms with Crippen LogP contribution in [0.2, 0.25) is 0 Å². The molecule has 19 heavy (non-hydrogen) atoms. The van der Waals surface area contributed by atoms with Gasteiger partial charge in [0.15, 0.2) is 0 Å². The summed E-state index contributed by atoms with van der Waals surface area (Å²) in [6.07, 6.45) is 5.13. The molecule has 1 N–H and O–H groups in total. The third-order valence-electron chi connectivity index (χ3n) is 2.00. The van der Waals surface area contributed by atoms with Crippen molar-refractivity contribution in [2.45, 2.75) is 38.8 Å². The van der Waals surface area contributed by atoms with Crippen molar-refractivity contribution in [1.29, 1.82) is 0 Å². The molecule has 0 aromatic carbocycles. The van der Waals surface area contributed by atoms with Crippen LogP contribution in [0, 0.1) is 0 Å². The van der Waals surface area contributed by atoms with Gasteiger partial charge in [0.05, 0.1) is 13.2 Å². The molecule has 110 valence electrons. The molecular weight excluding hydrogens is 266 g/mol. The fourth-order valence-electron chi connectivity index (χ4n) is 1.18. The highest BCUT2D eigenvalue weighted by molar-refractivity contribution is 7.98. The third-order valence-corrected chi connectivity index (χ3v) is 2.64. The average molecular weight is 289 g/mol. The molecule has 1 amide bonds. The lowest BCUT2D eigenvalue weighted by atomic mass is 10.2. The second-order valence-electron chi connectivity index (χ2n) is 4.92. The maximum Gasteiger partial charge on any atom is 0.408 e. The number of amides is 1. The van der Waals surface area contributed by atoms with Gasteiger partial charge in [-0.05, 0) is 39.2 Å². The molecule has 0 spiro atoms. The van der Waals surface area contributed by atoms with E-state index >= 15 is 0 Å². The topological polar surface area (TPSA) is 64.6 Å². The highest BCUT2D eigenvalue weighted by Gasteiger charge is 2.18. The monoisotopic (exact) mass is 289 g/mol. The summed E-state index contributed by atoms with van der Waals surface area (Å²) in [5.74, 6) is 0.423. The number of rotatable bonds is 6. The molecule has 0 unspecified atom stereocenters. The molecule has 0 aliphatic rings. The first-order valence-electron chi connectivity index (χ1n) is 6.03. The first-order chi connectivity index (χ1) is 8.78. The van der Waals surface area contributed by atoms with Crippen LogP contribution in [0.3, 0.4) is 0 Å². The number of hydrogen-bond acceptors (Lipinski definition) is 5. The van der Waals surface area contributed by atoms with Crippen molar-refractivity contribution in [3.8, 4) is 0 Å². The molecule has 0 saturated heterocycles. The Labute approximate surface area is 119 Å². The first-order valence-corrected chi connectivity index (χ1v) is 7.42. The van der Waals surface area contributed by atoms with E-state index in [0.717, 1.165) is 5.75 Å². The van der Waals surface area contributed by atoms with E-state index in [0.29, 0.717) is 6.42 Å². The lowest BCUT2D eigenvalue weighted by molar-refractivity contribution is -0.134. The number of esters is 1. The number of hydrogen-bond donors (Lipinski definition) is 1. The van der Waals surface area contributed by atoms with Gasteiger partial charge in [0.25, 0.3) is 0 Å². The highest BCUT2D eigenvalue weighted by atomic mass is 32.2. The Bertz CT molecular complexity index is 323. The predicted octanol–water partition coefficient (Wildman–Crippen LogP) is 2.36. The van der Waals surface area contributed by atoms with Crippen molar-refractivity contribution < 1.29 is 19.1 Å². The Balaban J connectivity index is 4.46. The van der Waals surface area contributed by atoms with Gasteiger partial charge in [-0.15, -0.1) is 0 Å². The number of methoxy groups -OCH3 is 1. The van der Waals surface area contributed by atoms with Crippen LogP contribution in [0.25, 0.3) is 0 Å². The maximum atomic E-state index is 11.7. The fourth-order valence-corrected chi connectivity index (χ4v) is 1.67. The van der Waals surface area contributed by atoms with Crippen LogP contribution in [0.1, 0.15) is 27.2 Å². The number of thioether (sulfide) groups is 1. The molecule has 0 aromatic heterocycles. The van der Waals surface area contributed by atoms with Gasteiger partial charge in [-0.3, -0.25) is 0 Å². The quantitative estimate of drug-likeness (QED) is 0.600. The predicted molar refractivity (Wildman–Crippen MR) is 77.3 cm³/mol. The van der Waals surface area contributed by atoms with E-state index in [9.17, 15) is 9.59 Å². The fraction of sp³-hybridized carbons (Fsp3) is 0.692. The summed E-state index contributed by atoms with van der Waals surface area (Å²) in [6.45, 7) is 5.40. The highest BCUT2D eigenvalue weighted by Crippen LogP contribution is 2.08. The van der Waals surface area contributed by atoms with E-state index in [2.05, 4.69) is 10.1 Å². The molecule has 0 aliphatic carbocycles. The van der Waals surface area contributed by atoms with Crippen molar-refractivity contribution >= 4 is 23.8 Å². The summed E-state index contributed by atoms with van der Waals surface area (Å²) in [7, 11) is 1.31. The molecule has 0 aromatic rings. The molecular formula is C13H23NO4S. The molecule has 0 heterocycles. The van der Waals surface area contributed by atoms with Gasteiger partial charge in [-0.1, -0.05) is 6.08 Å². The van der Waals surface area contributed by atoms with E-state index in [-0.39, 0.29) is 6.04 Å². The molecule has 0 aliphatic heterocycles. The third kappa shape index (κ3) is 10.4. The summed E-state index contributed by atoms with van der Waals surface area (Å²) >= 11 is 1.67. The summed E-state index contributed by atoms with van der Waals surface area (Å²) in [5, 5.41) is 2.72. The lowest BCUT2D eigenvalue weighted by Crippen LogP contribution is -2.38. The van der Waals surface area contributed by atoms with Crippen LogP contribution in [-0.4, -0.2) is 42.8 Å². The number of nitrogens with one attached hydrogen (secondary N) is 1. The van der Waals surface area contributed by atoms with Crippen molar-refractivity contribution in [3.63, 3.8) is 0 Å². The Morgan fingerprint density at radius 1 is 1.37 bits per heavy atom. The number of ether oxygens (including phenoxy) is 2. The second-order valence-corrected chi connectivity index (χ2v) is 5.90. The minimum atomic E-state index is -0.541. The van der Waals surface area contributed by atoms with E-state index in [1.807, 2.05) is 6.26 Å². The van der Waals surface area contributed by atoms with Gasteiger partial charge < -0.3 is 14.8 Å². The summed E-state index contributed by atoms with van der Waals surface area (Å²) in [6, 6.07) is -0.249. The molecule has 0 fully saturated rings. The molecule has 0 rings (SSSR count). The molecule has 5 nitrogen and oxygen atoms in total. The van der Waals surface area contributed by atoms with Crippen LogP contribution in [-0.2, 0) is 14.3 Å². The van der Waals surface area contributed by atoms with Crippen LogP contribution < -0.4 is 5.32 Å². The van der Waals surface area contributed by atoms with Crippen LogP contribution in [0.5, 0.6) is 0 Å². The molecule has 1 atom stereocenters. The smallest absolute Gasteiger partial charge is 0.408 e. The van der Waals surface area contributed by atoms with Crippen molar-refractivity contribution in [2.24, 2.45) is 0 Å². The van der Waals surface area contributed by atoms with E-state index in [1.54, 1.807) is 38.6 Å². The summed E-state index contributed by atoms with van der Waals surface area (Å²) < 4.78 is 9.69. The van der Waals surface area contributed by atoms with Gasteiger partial charge in [0.2, 0.25) is 0 Å². The zero-order valence-corrected chi connectivity index (χ0v) is 13.0. The molecule has 0 bridgehead atoms. The SMILES string of the molecule is COC(=O)/C=C/[C@H](CCSC)NC(=O)OC(C)(C)C. The number of carbonyl (C=O) groups is 2. The maximum absolute atomic E-state index is 11.7. The number of alkyl carbamates (subject to hydrolysis) is 1. The van der Waals surface area contributed by atoms with Crippen LogP contribution >= 0.6 is 11.8 Å².